The number of fused-ring (bicyclic) bond motifs is 1. The van der Waals surface area contributed by atoms with E-state index in [0.717, 1.165) is 11.3 Å². The fourth-order valence-corrected chi connectivity index (χ4v) is 4.21. The second-order valence-electron chi connectivity index (χ2n) is 7.06. The highest BCUT2D eigenvalue weighted by molar-refractivity contribution is 7.08. The average molecular weight is 442 g/mol. The molecule has 1 aliphatic rings. The third-order valence-corrected chi connectivity index (χ3v) is 5.83. The van der Waals surface area contributed by atoms with Gasteiger partial charge in [0, 0.05) is 17.2 Å². The van der Waals surface area contributed by atoms with Crippen molar-refractivity contribution in [1.29, 1.82) is 0 Å². The number of nitrogens with two attached hydrogens (primary N) is 1. The second-order valence-corrected chi connectivity index (χ2v) is 7.81. The van der Waals surface area contributed by atoms with Gasteiger partial charge in [-0.1, -0.05) is 0 Å². The van der Waals surface area contributed by atoms with Crippen molar-refractivity contribution in [3.05, 3.63) is 40.3 Å². The van der Waals surface area contributed by atoms with Crippen LogP contribution >= 0.6 is 11.3 Å². The van der Waals surface area contributed by atoms with E-state index in [1.54, 1.807) is 6.07 Å². The molecule has 12 heteroatoms. The smallest absolute Gasteiger partial charge is 0.274 e. The summed E-state index contributed by atoms with van der Waals surface area (Å²) < 4.78 is 55.1. The molecule has 4 rings (SSSR count). The molecule has 3 heterocycles. The lowest BCUT2D eigenvalue weighted by Crippen LogP contribution is -2.55. The number of hydrogen-bond donors (Lipinski definition) is 3. The quantitative estimate of drug-likeness (QED) is 0.521. The number of carbonyl (C=O) groups is 1. The van der Waals surface area contributed by atoms with Gasteiger partial charge in [-0.25, -0.2) is 27.1 Å². The molecule has 3 aromatic heterocycles. The van der Waals surface area contributed by atoms with Crippen LogP contribution in [0, 0.1) is 0 Å². The van der Waals surface area contributed by atoms with Gasteiger partial charge in [-0.3, -0.25) is 4.79 Å². The molecule has 0 saturated heterocycles. The molecule has 1 fully saturated rings. The average Bonchev–Trinajstić information content (AvgIpc) is 3.32. The van der Waals surface area contributed by atoms with Gasteiger partial charge >= 0.3 is 0 Å². The molecule has 7 nitrogen and oxygen atoms in total. The monoisotopic (exact) mass is 442 g/mol. The van der Waals surface area contributed by atoms with Crippen molar-refractivity contribution in [3.63, 3.8) is 0 Å². The molecule has 1 saturated carbocycles. The zero-order valence-corrected chi connectivity index (χ0v) is 16.3. The fourth-order valence-electron chi connectivity index (χ4n) is 3.43. The number of carbonyl (C=O) groups excluding carboxylic acids is 1. The number of anilines is 2. The number of halogens is 4. The standard InChI is InChI=1S/C18H18F4N6OS/c19-15(20)10-7-30-8-12(10)25-16(29)13-4-3-9-6-24-17(27-28(9)13)26-11-2-1-5-18(21,22)14(11)23/h3-4,6-8,11,14-15H,1-2,5,23H2,(H,25,29)(H,26,27)/t11-,14-/m1/s1. The van der Waals surface area contributed by atoms with Crippen LogP contribution < -0.4 is 16.4 Å². The van der Waals surface area contributed by atoms with Gasteiger partial charge in [0.1, 0.15) is 5.69 Å². The van der Waals surface area contributed by atoms with Gasteiger partial charge in [0.15, 0.2) is 0 Å². The maximum atomic E-state index is 13.9. The van der Waals surface area contributed by atoms with Crippen LogP contribution in [0.3, 0.4) is 0 Å². The van der Waals surface area contributed by atoms with E-state index >= 15 is 0 Å². The number of aromatic nitrogens is 3. The highest BCUT2D eigenvalue weighted by Gasteiger charge is 2.44. The van der Waals surface area contributed by atoms with E-state index in [4.69, 9.17) is 5.73 Å². The van der Waals surface area contributed by atoms with Crippen molar-refractivity contribution in [2.24, 2.45) is 5.73 Å². The Kier molecular flexibility index (Phi) is 5.36. The maximum absolute atomic E-state index is 13.9. The van der Waals surface area contributed by atoms with Gasteiger partial charge in [0.25, 0.3) is 18.3 Å². The Morgan fingerprint density at radius 1 is 1.33 bits per heavy atom. The van der Waals surface area contributed by atoms with Gasteiger partial charge < -0.3 is 16.4 Å². The Morgan fingerprint density at radius 2 is 2.13 bits per heavy atom. The van der Waals surface area contributed by atoms with Crippen molar-refractivity contribution in [2.75, 3.05) is 10.6 Å². The SMILES string of the molecule is N[C@@H]1[C@H](Nc2ncc3ccc(C(=O)Nc4cscc4C(F)F)n3n2)CCCC1(F)F. The Balaban J connectivity index is 1.57. The summed E-state index contributed by atoms with van der Waals surface area (Å²) in [6.07, 6.45) is -0.812. The molecular weight excluding hydrogens is 424 g/mol. The first kappa shape index (κ1) is 20.5. The summed E-state index contributed by atoms with van der Waals surface area (Å²) in [7, 11) is 0. The molecular formula is C18H18F4N6OS. The first-order chi connectivity index (χ1) is 14.3. The highest BCUT2D eigenvalue weighted by atomic mass is 32.1. The second kappa shape index (κ2) is 7.84. The topological polar surface area (TPSA) is 97.3 Å². The fraction of sp³-hybridized carbons (Fsp3) is 0.389. The summed E-state index contributed by atoms with van der Waals surface area (Å²) in [5.41, 5.74) is 6.01. The molecule has 3 aromatic rings. The third-order valence-electron chi connectivity index (χ3n) is 5.07. The van der Waals surface area contributed by atoms with E-state index in [-0.39, 0.29) is 29.3 Å². The lowest BCUT2D eigenvalue weighted by Gasteiger charge is -2.35. The molecule has 0 unspecified atom stereocenters. The lowest BCUT2D eigenvalue weighted by atomic mass is 9.87. The van der Waals surface area contributed by atoms with E-state index in [9.17, 15) is 22.4 Å². The number of rotatable bonds is 5. The maximum Gasteiger partial charge on any atom is 0.274 e. The minimum atomic E-state index is -2.98. The van der Waals surface area contributed by atoms with Crippen molar-refractivity contribution < 1.29 is 22.4 Å². The van der Waals surface area contributed by atoms with Crippen LogP contribution in [0.25, 0.3) is 5.52 Å². The van der Waals surface area contributed by atoms with Crippen LogP contribution in [-0.2, 0) is 0 Å². The molecule has 1 aliphatic carbocycles. The Bertz CT molecular complexity index is 1070. The number of hydrogen-bond acceptors (Lipinski definition) is 6. The van der Waals surface area contributed by atoms with Crippen LogP contribution in [0.15, 0.2) is 29.1 Å². The zero-order valence-electron chi connectivity index (χ0n) is 15.5. The first-order valence-electron chi connectivity index (χ1n) is 9.16. The van der Waals surface area contributed by atoms with Gasteiger partial charge in [0.05, 0.1) is 35.0 Å². The number of nitrogens with zero attached hydrogens (tertiary/aromatic N) is 3. The molecule has 4 N–H and O–H groups in total. The van der Waals surface area contributed by atoms with E-state index < -0.39 is 30.3 Å². The van der Waals surface area contributed by atoms with E-state index in [2.05, 4.69) is 20.7 Å². The van der Waals surface area contributed by atoms with Crippen LogP contribution in [0.5, 0.6) is 0 Å². The molecule has 30 heavy (non-hydrogen) atoms. The summed E-state index contributed by atoms with van der Waals surface area (Å²) in [6.45, 7) is 0. The van der Waals surface area contributed by atoms with Crippen molar-refractivity contribution in [1.82, 2.24) is 14.6 Å². The van der Waals surface area contributed by atoms with Gasteiger partial charge in [-0.2, -0.15) is 0 Å². The predicted molar refractivity (Wildman–Crippen MR) is 104 cm³/mol. The largest absolute Gasteiger partial charge is 0.348 e. The summed E-state index contributed by atoms with van der Waals surface area (Å²) >= 11 is 1.05. The number of amides is 1. The first-order valence-corrected chi connectivity index (χ1v) is 10.1. The summed E-state index contributed by atoms with van der Waals surface area (Å²) in [5.74, 6) is -3.59. The third kappa shape index (κ3) is 3.84. The zero-order chi connectivity index (χ0) is 21.5. The number of alkyl halides is 4. The molecule has 0 aromatic carbocycles. The van der Waals surface area contributed by atoms with Gasteiger partial charge in [-0.05, 0) is 25.0 Å². The van der Waals surface area contributed by atoms with Crippen molar-refractivity contribution in [2.45, 2.75) is 43.7 Å². The summed E-state index contributed by atoms with van der Waals surface area (Å²) in [6, 6.07) is 0.946. The molecule has 0 spiro atoms. The molecule has 1 amide bonds. The Morgan fingerprint density at radius 3 is 2.90 bits per heavy atom. The molecule has 0 aliphatic heterocycles. The minimum absolute atomic E-state index is 0.0257. The van der Waals surface area contributed by atoms with Crippen LogP contribution in [0.4, 0.5) is 29.2 Å². The number of nitrogens with one attached hydrogen (secondary N) is 2. The molecule has 0 bridgehead atoms. The summed E-state index contributed by atoms with van der Waals surface area (Å²) in [4.78, 5) is 16.7. The normalized spacial score (nSPS) is 21.1. The van der Waals surface area contributed by atoms with E-state index in [1.807, 2.05) is 0 Å². The summed E-state index contributed by atoms with van der Waals surface area (Å²) in [5, 5.41) is 12.2. The van der Waals surface area contributed by atoms with Crippen molar-refractivity contribution >= 4 is 34.4 Å². The van der Waals surface area contributed by atoms with Crippen LogP contribution in [0.1, 0.15) is 41.7 Å². The van der Waals surface area contributed by atoms with Crippen LogP contribution in [-0.4, -0.2) is 38.5 Å². The van der Waals surface area contributed by atoms with Crippen LogP contribution in [0.2, 0.25) is 0 Å². The minimum Gasteiger partial charge on any atom is -0.348 e. The van der Waals surface area contributed by atoms with Gasteiger partial charge in [-0.15, -0.1) is 16.4 Å². The highest BCUT2D eigenvalue weighted by Crippen LogP contribution is 2.33. The van der Waals surface area contributed by atoms with E-state index in [1.165, 1.54) is 27.5 Å². The Hall–Kier alpha value is -2.73. The van der Waals surface area contributed by atoms with E-state index in [0.29, 0.717) is 18.4 Å². The van der Waals surface area contributed by atoms with Gasteiger partial charge in [0.2, 0.25) is 5.95 Å². The Labute approximate surface area is 172 Å². The molecule has 160 valence electrons. The lowest BCUT2D eigenvalue weighted by molar-refractivity contribution is -0.0555. The van der Waals surface area contributed by atoms with Crippen molar-refractivity contribution in [3.8, 4) is 0 Å². The molecule has 0 radical (unpaired) electrons. The predicted octanol–water partition coefficient (Wildman–Crippen LogP) is 3.91. The number of thiophene rings is 1. The molecule has 2 atom stereocenters.